The van der Waals surface area contributed by atoms with Crippen molar-refractivity contribution in [1.29, 1.82) is 0 Å². The number of nitrogen functional groups attached to an aromatic ring is 1. The molecular weight excluding hydrogens is 164 g/mol. The van der Waals surface area contributed by atoms with Crippen molar-refractivity contribution >= 4 is 5.88 Å². The molecule has 3 heteroatoms. The van der Waals surface area contributed by atoms with Crippen molar-refractivity contribution in [2.75, 3.05) is 5.73 Å². The van der Waals surface area contributed by atoms with E-state index in [9.17, 15) is 0 Å². The van der Waals surface area contributed by atoms with E-state index in [1.807, 2.05) is 0 Å². The molecule has 1 aliphatic carbocycles. The van der Waals surface area contributed by atoms with E-state index < -0.39 is 0 Å². The fourth-order valence-electron chi connectivity index (χ4n) is 1.99. The first-order valence-corrected chi connectivity index (χ1v) is 4.98. The molecule has 0 aromatic carbocycles. The van der Waals surface area contributed by atoms with Crippen LogP contribution in [0.5, 0.6) is 0 Å². The quantitative estimate of drug-likeness (QED) is 0.776. The number of anilines is 1. The molecule has 1 aliphatic rings. The third-order valence-corrected chi connectivity index (χ3v) is 3.20. The second-order valence-electron chi connectivity index (χ2n) is 3.86. The minimum absolute atomic E-state index is 0.312. The van der Waals surface area contributed by atoms with Gasteiger partial charge in [0.1, 0.15) is 0 Å². The Labute approximate surface area is 78.3 Å². The summed E-state index contributed by atoms with van der Waals surface area (Å²) in [6.45, 7) is 4.30. The second kappa shape index (κ2) is 2.76. The Bertz CT molecular complexity index is 313. The van der Waals surface area contributed by atoms with E-state index in [0.717, 1.165) is 24.1 Å². The van der Waals surface area contributed by atoms with E-state index in [2.05, 4.69) is 19.0 Å². The molecular formula is C10H16N2O. The van der Waals surface area contributed by atoms with Crippen molar-refractivity contribution in [1.82, 2.24) is 5.16 Å². The molecule has 0 spiro atoms. The van der Waals surface area contributed by atoms with E-state index in [0.29, 0.717) is 11.3 Å². The summed E-state index contributed by atoms with van der Waals surface area (Å²) in [4.78, 5) is 0. The lowest BCUT2D eigenvalue weighted by Gasteiger charge is -2.09. The van der Waals surface area contributed by atoms with Crippen LogP contribution in [0.15, 0.2) is 4.52 Å². The van der Waals surface area contributed by atoms with Crippen molar-refractivity contribution in [3.05, 3.63) is 11.3 Å². The average Bonchev–Trinajstić information content (AvgIpc) is 2.85. The molecule has 1 heterocycles. The number of hydrogen-bond donors (Lipinski definition) is 1. The highest BCUT2D eigenvalue weighted by Crippen LogP contribution is 2.52. The van der Waals surface area contributed by atoms with Gasteiger partial charge in [-0.05, 0) is 25.7 Å². The lowest BCUT2D eigenvalue weighted by molar-refractivity contribution is 0.415. The molecule has 0 unspecified atom stereocenters. The summed E-state index contributed by atoms with van der Waals surface area (Å²) in [5, 5.41) is 4.09. The summed E-state index contributed by atoms with van der Waals surface area (Å²) in [5.41, 5.74) is 8.26. The fraction of sp³-hybridized carbons (Fsp3) is 0.700. The van der Waals surface area contributed by atoms with Gasteiger partial charge in [-0.1, -0.05) is 19.0 Å². The first-order chi connectivity index (χ1) is 6.23. The normalized spacial score (nSPS) is 18.9. The Kier molecular flexibility index (Phi) is 1.82. The minimum Gasteiger partial charge on any atom is -0.367 e. The molecule has 3 nitrogen and oxygen atoms in total. The number of rotatable bonds is 3. The highest BCUT2D eigenvalue weighted by atomic mass is 16.5. The summed E-state index contributed by atoms with van der Waals surface area (Å²) in [6, 6.07) is 0. The summed E-state index contributed by atoms with van der Waals surface area (Å²) in [5.74, 6) is 0.511. The van der Waals surface area contributed by atoms with Gasteiger partial charge in [0, 0.05) is 11.0 Å². The molecule has 1 fully saturated rings. The van der Waals surface area contributed by atoms with Gasteiger partial charge in [-0.2, -0.15) is 0 Å². The van der Waals surface area contributed by atoms with Crippen LogP contribution in [0.1, 0.15) is 44.4 Å². The van der Waals surface area contributed by atoms with Crippen molar-refractivity contribution in [3.8, 4) is 0 Å². The molecule has 1 aromatic rings. The summed E-state index contributed by atoms with van der Waals surface area (Å²) >= 11 is 0. The van der Waals surface area contributed by atoms with Crippen LogP contribution in [0, 0.1) is 0 Å². The van der Waals surface area contributed by atoms with Gasteiger partial charge < -0.3 is 10.3 Å². The van der Waals surface area contributed by atoms with Gasteiger partial charge in [-0.15, -0.1) is 0 Å². The summed E-state index contributed by atoms with van der Waals surface area (Å²) < 4.78 is 5.04. The average molecular weight is 180 g/mol. The lowest BCUT2D eigenvalue weighted by Crippen LogP contribution is -2.08. The largest absolute Gasteiger partial charge is 0.367 e. The molecule has 2 N–H and O–H groups in total. The Morgan fingerprint density at radius 2 is 2.15 bits per heavy atom. The van der Waals surface area contributed by atoms with E-state index in [1.54, 1.807) is 0 Å². The van der Waals surface area contributed by atoms with Crippen LogP contribution < -0.4 is 5.73 Å². The topological polar surface area (TPSA) is 52.0 Å². The fourth-order valence-corrected chi connectivity index (χ4v) is 1.99. The van der Waals surface area contributed by atoms with Gasteiger partial charge in [-0.3, -0.25) is 0 Å². The lowest BCUT2D eigenvalue weighted by atomic mass is 9.95. The van der Waals surface area contributed by atoms with Crippen LogP contribution in [0.3, 0.4) is 0 Å². The molecule has 0 bridgehead atoms. The predicted molar refractivity (Wildman–Crippen MR) is 51.5 cm³/mol. The van der Waals surface area contributed by atoms with Gasteiger partial charge in [-0.25, -0.2) is 0 Å². The maximum Gasteiger partial charge on any atom is 0.225 e. The third-order valence-electron chi connectivity index (χ3n) is 3.20. The van der Waals surface area contributed by atoms with E-state index in [-0.39, 0.29) is 0 Å². The number of nitrogens with zero attached hydrogens (tertiary/aromatic N) is 1. The first kappa shape index (κ1) is 8.60. The van der Waals surface area contributed by atoms with Gasteiger partial charge >= 0.3 is 0 Å². The molecule has 0 atom stereocenters. The molecule has 13 heavy (non-hydrogen) atoms. The van der Waals surface area contributed by atoms with Crippen LogP contribution in [0.4, 0.5) is 5.88 Å². The zero-order chi connectivity index (χ0) is 9.47. The Morgan fingerprint density at radius 1 is 1.46 bits per heavy atom. The predicted octanol–water partition coefficient (Wildman–Crippen LogP) is 2.26. The molecule has 72 valence electrons. The summed E-state index contributed by atoms with van der Waals surface area (Å²) in [6.07, 6.45) is 4.54. The van der Waals surface area contributed by atoms with E-state index in [4.69, 9.17) is 10.3 Å². The standard InChI is InChI=1S/C10H16N2O/c1-3-7-8(12-13-9(7)11)10(4-2)5-6-10/h3-6,11H2,1-2H3. The molecule has 0 saturated heterocycles. The van der Waals surface area contributed by atoms with Crippen molar-refractivity contribution < 1.29 is 4.52 Å². The Balaban J connectivity index is 2.40. The number of hydrogen-bond acceptors (Lipinski definition) is 3. The monoisotopic (exact) mass is 180 g/mol. The first-order valence-electron chi connectivity index (χ1n) is 4.98. The summed E-state index contributed by atoms with van der Waals surface area (Å²) in [7, 11) is 0. The smallest absolute Gasteiger partial charge is 0.225 e. The molecule has 0 radical (unpaired) electrons. The van der Waals surface area contributed by atoms with Gasteiger partial charge in [0.2, 0.25) is 5.88 Å². The van der Waals surface area contributed by atoms with Crippen molar-refractivity contribution in [2.45, 2.75) is 44.9 Å². The maximum absolute atomic E-state index is 5.70. The molecule has 1 saturated carbocycles. The Hall–Kier alpha value is -0.990. The van der Waals surface area contributed by atoms with Crippen LogP contribution in [0.25, 0.3) is 0 Å². The SMILES string of the molecule is CCc1c(C2(CC)CC2)noc1N. The zero-order valence-electron chi connectivity index (χ0n) is 8.26. The Morgan fingerprint density at radius 3 is 2.62 bits per heavy atom. The van der Waals surface area contributed by atoms with Crippen LogP contribution >= 0.6 is 0 Å². The van der Waals surface area contributed by atoms with Crippen LogP contribution in [0.2, 0.25) is 0 Å². The van der Waals surface area contributed by atoms with Crippen LogP contribution in [-0.2, 0) is 11.8 Å². The number of nitrogens with two attached hydrogens (primary N) is 1. The third kappa shape index (κ3) is 1.14. The van der Waals surface area contributed by atoms with Gasteiger partial charge in [0.15, 0.2) is 0 Å². The highest BCUT2D eigenvalue weighted by Gasteiger charge is 2.46. The van der Waals surface area contributed by atoms with E-state index >= 15 is 0 Å². The van der Waals surface area contributed by atoms with Crippen molar-refractivity contribution in [2.24, 2.45) is 0 Å². The highest BCUT2D eigenvalue weighted by molar-refractivity contribution is 5.44. The van der Waals surface area contributed by atoms with Gasteiger partial charge in [0.25, 0.3) is 0 Å². The molecule has 2 rings (SSSR count). The van der Waals surface area contributed by atoms with E-state index in [1.165, 1.54) is 12.8 Å². The molecule has 0 amide bonds. The minimum atomic E-state index is 0.312. The van der Waals surface area contributed by atoms with Gasteiger partial charge in [0.05, 0.1) is 5.69 Å². The molecule has 0 aliphatic heterocycles. The van der Waals surface area contributed by atoms with Crippen LogP contribution in [-0.4, -0.2) is 5.16 Å². The molecule has 1 aromatic heterocycles. The maximum atomic E-state index is 5.70. The zero-order valence-corrected chi connectivity index (χ0v) is 8.26. The number of aromatic nitrogens is 1. The second-order valence-corrected chi connectivity index (χ2v) is 3.86. The van der Waals surface area contributed by atoms with Crippen molar-refractivity contribution in [3.63, 3.8) is 0 Å².